The van der Waals surface area contributed by atoms with E-state index < -0.39 is 11.5 Å². The van der Waals surface area contributed by atoms with Gasteiger partial charge in [-0.2, -0.15) is 0 Å². The minimum atomic E-state index is -0.598. The maximum Gasteiger partial charge on any atom is 0.354 e. The van der Waals surface area contributed by atoms with E-state index >= 15 is 0 Å². The number of nitrogens with zero attached hydrogens (tertiary/aromatic N) is 1. The Morgan fingerprint density at radius 3 is 2.31 bits per heavy atom. The van der Waals surface area contributed by atoms with E-state index in [-0.39, 0.29) is 23.9 Å². The molecule has 1 aromatic carbocycles. The zero-order valence-electron chi connectivity index (χ0n) is 18.0. The molecular weight excluding hydrogens is 372 g/mol. The van der Waals surface area contributed by atoms with Gasteiger partial charge in [-0.25, -0.2) is 4.79 Å². The molecule has 0 atom stereocenters. The van der Waals surface area contributed by atoms with Gasteiger partial charge in [0, 0.05) is 22.4 Å². The molecule has 1 amide bonds. The SMILES string of the molecule is COC(=O)c1[nH]c(C)c(C(=O)CN(C(=O)c2cccc(OC)c2)C(C)(C)C)c1C. The molecular formula is C22H28N2O5. The van der Waals surface area contributed by atoms with E-state index in [0.29, 0.717) is 28.1 Å². The molecule has 0 radical (unpaired) electrons. The number of aryl methyl sites for hydroxylation is 1. The van der Waals surface area contributed by atoms with E-state index in [1.165, 1.54) is 19.1 Å². The van der Waals surface area contributed by atoms with Crippen LogP contribution >= 0.6 is 0 Å². The lowest BCUT2D eigenvalue weighted by atomic mass is 10.00. The smallest absolute Gasteiger partial charge is 0.354 e. The van der Waals surface area contributed by atoms with Gasteiger partial charge in [-0.15, -0.1) is 0 Å². The van der Waals surface area contributed by atoms with Gasteiger partial charge in [0.15, 0.2) is 5.78 Å². The number of Topliss-reactive ketones (excluding diaryl/α,β-unsaturated/α-hetero) is 1. The van der Waals surface area contributed by atoms with Gasteiger partial charge in [-0.1, -0.05) is 6.07 Å². The number of methoxy groups -OCH3 is 2. The third-order valence-electron chi connectivity index (χ3n) is 4.78. The first-order valence-electron chi connectivity index (χ1n) is 9.28. The molecule has 0 unspecified atom stereocenters. The zero-order valence-corrected chi connectivity index (χ0v) is 18.0. The Balaban J connectivity index is 2.39. The second-order valence-corrected chi connectivity index (χ2v) is 7.83. The summed E-state index contributed by atoms with van der Waals surface area (Å²) >= 11 is 0. The van der Waals surface area contributed by atoms with Crippen LogP contribution in [-0.4, -0.2) is 53.8 Å². The van der Waals surface area contributed by atoms with Gasteiger partial charge < -0.3 is 19.4 Å². The fraction of sp³-hybridized carbons (Fsp3) is 0.409. The highest BCUT2D eigenvalue weighted by Crippen LogP contribution is 2.24. The Kier molecular flexibility index (Phi) is 6.51. The van der Waals surface area contributed by atoms with Crippen molar-refractivity contribution in [1.29, 1.82) is 0 Å². The normalized spacial score (nSPS) is 11.1. The highest BCUT2D eigenvalue weighted by Gasteiger charge is 2.32. The molecule has 7 heteroatoms. The predicted octanol–water partition coefficient (Wildman–Crippen LogP) is 3.55. The fourth-order valence-corrected chi connectivity index (χ4v) is 3.22. The second-order valence-electron chi connectivity index (χ2n) is 7.83. The number of carbonyl (C=O) groups is 3. The van der Waals surface area contributed by atoms with Crippen molar-refractivity contribution in [3.63, 3.8) is 0 Å². The van der Waals surface area contributed by atoms with Crippen LogP contribution in [0.3, 0.4) is 0 Å². The van der Waals surface area contributed by atoms with Crippen LogP contribution in [-0.2, 0) is 4.74 Å². The molecule has 0 saturated heterocycles. The van der Waals surface area contributed by atoms with Crippen LogP contribution in [0, 0.1) is 13.8 Å². The van der Waals surface area contributed by atoms with Crippen LogP contribution in [0.1, 0.15) is 63.2 Å². The number of H-pyrrole nitrogens is 1. The maximum atomic E-state index is 13.2. The number of hydrogen-bond acceptors (Lipinski definition) is 5. The Bertz CT molecular complexity index is 937. The number of ether oxygens (including phenoxy) is 2. The lowest BCUT2D eigenvalue weighted by molar-refractivity contribution is 0.0546. The highest BCUT2D eigenvalue weighted by atomic mass is 16.5. The Morgan fingerprint density at radius 1 is 1.10 bits per heavy atom. The van der Waals surface area contributed by atoms with E-state index in [0.717, 1.165) is 0 Å². The molecule has 1 N–H and O–H groups in total. The number of amides is 1. The van der Waals surface area contributed by atoms with Crippen LogP contribution in [0.15, 0.2) is 24.3 Å². The van der Waals surface area contributed by atoms with Gasteiger partial charge in [0.1, 0.15) is 11.4 Å². The van der Waals surface area contributed by atoms with Crippen molar-refractivity contribution in [2.24, 2.45) is 0 Å². The van der Waals surface area contributed by atoms with Crippen LogP contribution < -0.4 is 4.74 Å². The van der Waals surface area contributed by atoms with Crippen molar-refractivity contribution in [3.8, 4) is 5.75 Å². The van der Waals surface area contributed by atoms with Crippen LogP contribution in [0.4, 0.5) is 0 Å². The zero-order chi connectivity index (χ0) is 21.9. The molecule has 0 bridgehead atoms. The lowest BCUT2D eigenvalue weighted by Crippen LogP contribution is -2.48. The average molecular weight is 400 g/mol. The number of hydrogen-bond donors (Lipinski definition) is 1. The Labute approximate surface area is 171 Å². The first kappa shape index (κ1) is 22.2. The average Bonchev–Trinajstić information content (AvgIpc) is 2.98. The number of esters is 1. The summed E-state index contributed by atoms with van der Waals surface area (Å²) in [4.78, 5) is 42.7. The molecule has 0 aliphatic heterocycles. The van der Waals surface area contributed by atoms with Gasteiger partial charge in [-0.05, 0) is 58.4 Å². The van der Waals surface area contributed by atoms with Crippen molar-refractivity contribution >= 4 is 17.7 Å². The summed E-state index contributed by atoms with van der Waals surface area (Å²) in [5, 5.41) is 0. The lowest BCUT2D eigenvalue weighted by Gasteiger charge is -2.35. The van der Waals surface area contributed by atoms with E-state index in [4.69, 9.17) is 9.47 Å². The molecule has 0 fully saturated rings. The summed E-state index contributed by atoms with van der Waals surface area (Å²) in [7, 11) is 2.82. The molecule has 0 aliphatic rings. The first-order chi connectivity index (χ1) is 13.5. The quantitative estimate of drug-likeness (QED) is 0.592. The van der Waals surface area contributed by atoms with Gasteiger partial charge in [-0.3, -0.25) is 9.59 Å². The van der Waals surface area contributed by atoms with Crippen LogP contribution in [0.5, 0.6) is 5.75 Å². The van der Waals surface area contributed by atoms with Gasteiger partial charge in [0.2, 0.25) is 0 Å². The largest absolute Gasteiger partial charge is 0.497 e. The number of ketones is 1. The van der Waals surface area contributed by atoms with Crippen molar-refractivity contribution in [2.75, 3.05) is 20.8 Å². The molecule has 7 nitrogen and oxygen atoms in total. The third-order valence-corrected chi connectivity index (χ3v) is 4.78. The second kappa shape index (κ2) is 8.51. The number of aromatic amines is 1. The molecule has 0 saturated carbocycles. The minimum absolute atomic E-state index is 0.125. The van der Waals surface area contributed by atoms with Gasteiger partial charge >= 0.3 is 5.97 Å². The number of rotatable bonds is 6. The number of nitrogens with one attached hydrogen (secondary N) is 1. The molecule has 1 heterocycles. The summed E-state index contributed by atoms with van der Waals surface area (Å²) in [5.41, 5.74) is 1.56. The van der Waals surface area contributed by atoms with E-state index in [1.54, 1.807) is 38.1 Å². The number of benzene rings is 1. The van der Waals surface area contributed by atoms with Crippen molar-refractivity contribution < 1.29 is 23.9 Å². The summed E-state index contributed by atoms with van der Waals surface area (Å²) in [6, 6.07) is 6.83. The summed E-state index contributed by atoms with van der Waals surface area (Å²) in [6.07, 6.45) is 0. The molecule has 1 aromatic heterocycles. The molecule has 156 valence electrons. The van der Waals surface area contributed by atoms with Crippen LogP contribution in [0.2, 0.25) is 0 Å². The van der Waals surface area contributed by atoms with E-state index in [1.807, 2.05) is 20.8 Å². The minimum Gasteiger partial charge on any atom is -0.497 e. The molecule has 0 aliphatic carbocycles. The van der Waals surface area contributed by atoms with Gasteiger partial charge in [0.25, 0.3) is 5.91 Å². The summed E-state index contributed by atoms with van der Waals surface area (Å²) < 4.78 is 9.96. The van der Waals surface area contributed by atoms with E-state index in [2.05, 4.69) is 4.98 Å². The topological polar surface area (TPSA) is 88.7 Å². The van der Waals surface area contributed by atoms with Crippen molar-refractivity contribution in [2.45, 2.75) is 40.2 Å². The van der Waals surface area contributed by atoms with Crippen LogP contribution in [0.25, 0.3) is 0 Å². The number of aromatic nitrogens is 1. The molecule has 0 spiro atoms. The highest BCUT2D eigenvalue weighted by molar-refractivity contribution is 6.06. The third kappa shape index (κ3) is 4.67. The molecule has 2 rings (SSSR count). The number of carbonyl (C=O) groups excluding carboxylic acids is 3. The molecule has 2 aromatic rings. The summed E-state index contributed by atoms with van der Waals surface area (Å²) in [5.74, 6) is -0.498. The monoisotopic (exact) mass is 400 g/mol. The first-order valence-corrected chi connectivity index (χ1v) is 9.28. The van der Waals surface area contributed by atoms with Gasteiger partial charge in [0.05, 0.1) is 20.8 Å². The molecule has 29 heavy (non-hydrogen) atoms. The fourth-order valence-electron chi connectivity index (χ4n) is 3.22. The maximum absolute atomic E-state index is 13.2. The standard InChI is InChI=1S/C22H28N2O5/c1-13-18(14(2)23-19(13)21(27)29-7)17(25)12-24(22(3,4)5)20(26)15-9-8-10-16(11-15)28-6/h8-11,23H,12H2,1-7H3. The Morgan fingerprint density at radius 2 is 1.76 bits per heavy atom. The Hall–Kier alpha value is -3.09. The van der Waals surface area contributed by atoms with E-state index in [9.17, 15) is 14.4 Å². The predicted molar refractivity (Wildman–Crippen MR) is 110 cm³/mol. The summed E-state index contributed by atoms with van der Waals surface area (Å²) in [6.45, 7) is 8.89. The van der Waals surface area contributed by atoms with Crippen molar-refractivity contribution in [3.05, 3.63) is 52.3 Å². The van der Waals surface area contributed by atoms with Crippen molar-refractivity contribution in [1.82, 2.24) is 9.88 Å².